The van der Waals surface area contributed by atoms with Crippen LogP contribution in [0.2, 0.25) is 0 Å². The zero-order chi connectivity index (χ0) is 11.3. The van der Waals surface area contributed by atoms with Crippen LogP contribution in [0.5, 0.6) is 0 Å². The van der Waals surface area contributed by atoms with Gasteiger partial charge < -0.3 is 5.32 Å². The third-order valence-corrected chi connectivity index (χ3v) is 5.68. The summed E-state index contributed by atoms with van der Waals surface area (Å²) in [5, 5.41) is 2.51. The maximum atomic E-state index is 12.0. The van der Waals surface area contributed by atoms with E-state index in [0.29, 0.717) is 13.1 Å². The van der Waals surface area contributed by atoms with Crippen molar-refractivity contribution in [1.82, 2.24) is 5.32 Å². The molecular formula is C11H19NO2S. The molecule has 86 valence electrons. The molecule has 1 atom stereocenters. The largest absolute Gasteiger partial charge is 0.305 e. The van der Waals surface area contributed by atoms with Gasteiger partial charge in [-0.2, -0.15) is 0 Å². The van der Waals surface area contributed by atoms with Crippen LogP contribution in [-0.2, 0) is 9.84 Å². The number of terminal acetylenes is 1. The lowest BCUT2D eigenvalue weighted by Crippen LogP contribution is -2.36. The van der Waals surface area contributed by atoms with Gasteiger partial charge in [0.1, 0.15) is 0 Å². The Morgan fingerprint density at radius 2 is 2.07 bits per heavy atom. The lowest BCUT2D eigenvalue weighted by molar-refractivity contribution is 0.560. The van der Waals surface area contributed by atoms with Crippen molar-refractivity contribution in [2.75, 3.05) is 13.1 Å². The standard InChI is InChI=1S/C11H19NO2S/c1-3-8-12-9-10(2)15(13,14)11-6-4-5-7-11/h1,10-12H,4-9H2,2H3. The molecular weight excluding hydrogens is 210 g/mol. The van der Waals surface area contributed by atoms with E-state index >= 15 is 0 Å². The Kier molecular flexibility index (Phi) is 4.62. The van der Waals surface area contributed by atoms with Crippen molar-refractivity contribution in [2.45, 2.75) is 43.1 Å². The number of hydrogen-bond acceptors (Lipinski definition) is 3. The third-order valence-electron chi connectivity index (χ3n) is 2.99. The molecule has 1 unspecified atom stereocenters. The van der Waals surface area contributed by atoms with Crippen LogP contribution in [0, 0.1) is 12.3 Å². The molecule has 1 rings (SSSR count). The normalized spacial score (nSPS) is 20.0. The van der Waals surface area contributed by atoms with E-state index in [1.54, 1.807) is 6.92 Å². The third kappa shape index (κ3) is 3.22. The van der Waals surface area contributed by atoms with Gasteiger partial charge in [0.25, 0.3) is 0 Å². The van der Waals surface area contributed by atoms with E-state index in [1.807, 2.05) is 0 Å². The van der Waals surface area contributed by atoms with Gasteiger partial charge in [-0.25, -0.2) is 8.42 Å². The monoisotopic (exact) mass is 229 g/mol. The summed E-state index contributed by atoms with van der Waals surface area (Å²) in [5.41, 5.74) is 0. The first-order valence-electron chi connectivity index (χ1n) is 5.46. The zero-order valence-corrected chi connectivity index (χ0v) is 10.0. The van der Waals surface area contributed by atoms with Crippen LogP contribution in [0.15, 0.2) is 0 Å². The van der Waals surface area contributed by atoms with E-state index in [9.17, 15) is 8.42 Å². The van der Waals surface area contributed by atoms with Gasteiger partial charge in [-0.05, 0) is 19.8 Å². The lowest BCUT2D eigenvalue weighted by atomic mass is 10.4. The predicted octanol–water partition coefficient (Wildman–Crippen LogP) is 0.955. The Bertz CT molecular complexity index is 323. The first-order chi connectivity index (χ1) is 7.09. The second-order valence-corrected chi connectivity index (χ2v) is 6.79. The minimum Gasteiger partial charge on any atom is -0.305 e. The summed E-state index contributed by atoms with van der Waals surface area (Å²) in [6, 6.07) is 0. The van der Waals surface area contributed by atoms with Gasteiger partial charge in [-0.15, -0.1) is 6.42 Å². The fourth-order valence-electron chi connectivity index (χ4n) is 2.01. The highest BCUT2D eigenvalue weighted by Gasteiger charge is 2.32. The van der Waals surface area contributed by atoms with E-state index in [0.717, 1.165) is 25.7 Å². The number of nitrogens with one attached hydrogen (secondary N) is 1. The number of hydrogen-bond donors (Lipinski definition) is 1. The van der Waals surface area contributed by atoms with Gasteiger partial charge in [0, 0.05) is 6.54 Å². The van der Waals surface area contributed by atoms with E-state index < -0.39 is 9.84 Å². The summed E-state index contributed by atoms with van der Waals surface area (Å²) in [7, 11) is -2.95. The molecule has 15 heavy (non-hydrogen) atoms. The Hall–Kier alpha value is -0.530. The number of rotatable bonds is 5. The van der Waals surface area contributed by atoms with E-state index in [4.69, 9.17) is 6.42 Å². The zero-order valence-electron chi connectivity index (χ0n) is 9.20. The SMILES string of the molecule is C#CCNCC(C)S(=O)(=O)C1CCCC1. The quantitative estimate of drug-likeness (QED) is 0.564. The van der Waals surface area contributed by atoms with Crippen LogP contribution < -0.4 is 5.32 Å². The minimum atomic E-state index is -2.95. The highest BCUT2D eigenvalue weighted by Crippen LogP contribution is 2.27. The molecule has 0 aromatic carbocycles. The van der Waals surface area contributed by atoms with E-state index in [1.165, 1.54) is 0 Å². The van der Waals surface area contributed by atoms with Crippen molar-refractivity contribution in [3.05, 3.63) is 0 Å². The molecule has 0 saturated heterocycles. The molecule has 1 aliphatic rings. The molecule has 0 aromatic heterocycles. The van der Waals surface area contributed by atoms with Crippen molar-refractivity contribution in [3.8, 4) is 12.3 Å². The topological polar surface area (TPSA) is 46.2 Å². The summed E-state index contributed by atoms with van der Waals surface area (Å²) >= 11 is 0. The van der Waals surface area contributed by atoms with Crippen molar-refractivity contribution in [2.24, 2.45) is 0 Å². The maximum Gasteiger partial charge on any atom is 0.156 e. The molecule has 0 radical (unpaired) electrons. The van der Waals surface area contributed by atoms with Gasteiger partial charge in [-0.1, -0.05) is 18.8 Å². The Morgan fingerprint density at radius 1 is 1.47 bits per heavy atom. The maximum absolute atomic E-state index is 12.0. The molecule has 3 nitrogen and oxygen atoms in total. The van der Waals surface area contributed by atoms with E-state index in [-0.39, 0.29) is 10.5 Å². The minimum absolute atomic E-state index is 0.111. The molecule has 1 N–H and O–H groups in total. The van der Waals surface area contributed by atoms with Crippen molar-refractivity contribution in [1.29, 1.82) is 0 Å². The summed E-state index contributed by atoms with van der Waals surface area (Å²) in [6.07, 6.45) is 8.85. The van der Waals surface area contributed by atoms with Crippen LogP contribution >= 0.6 is 0 Å². The number of sulfone groups is 1. The molecule has 4 heteroatoms. The fraction of sp³-hybridized carbons (Fsp3) is 0.818. The molecule has 0 spiro atoms. The van der Waals surface area contributed by atoms with E-state index in [2.05, 4.69) is 11.2 Å². The second kappa shape index (κ2) is 5.53. The average molecular weight is 229 g/mol. The van der Waals surface area contributed by atoms with Gasteiger partial charge in [0.15, 0.2) is 9.84 Å². The molecule has 1 aliphatic carbocycles. The second-order valence-electron chi connectivity index (χ2n) is 4.14. The average Bonchev–Trinajstić information content (AvgIpc) is 2.71. The van der Waals surface area contributed by atoms with Gasteiger partial charge in [0.2, 0.25) is 0 Å². The molecule has 0 amide bonds. The van der Waals surface area contributed by atoms with Crippen molar-refractivity contribution in [3.63, 3.8) is 0 Å². The van der Waals surface area contributed by atoms with Crippen molar-refractivity contribution >= 4 is 9.84 Å². The predicted molar refractivity (Wildman–Crippen MR) is 62.3 cm³/mol. The van der Waals surface area contributed by atoms with Crippen molar-refractivity contribution < 1.29 is 8.42 Å². The molecule has 0 aliphatic heterocycles. The summed E-state index contributed by atoms with van der Waals surface area (Å²) in [4.78, 5) is 0. The molecule has 0 bridgehead atoms. The summed E-state index contributed by atoms with van der Waals surface area (Å²) in [5.74, 6) is 2.44. The Balaban J connectivity index is 2.49. The van der Waals surface area contributed by atoms with Crippen LogP contribution in [0.1, 0.15) is 32.6 Å². The van der Waals surface area contributed by atoms with Gasteiger partial charge in [0.05, 0.1) is 17.0 Å². The highest BCUT2D eigenvalue weighted by molar-refractivity contribution is 7.92. The first kappa shape index (κ1) is 12.5. The summed E-state index contributed by atoms with van der Waals surface area (Å²) < 4.78 is 24.1. The van der Waals surface area contributed by atoms with Gasteiger partial charge >= 0.3 is 0 Å². The van der Waals surface area contributed by atoms with Crippen LogP contribution in [0.25, 0.3) is 0 Å². The fourth-order valence-corrected chi connectivity index (χ4v) is 4.01. The summed E-state index contributed by atoms with van der Waals surface area (Å²) in [6.45, 7) is 2.66. The smallest absolute Gasteiger partial charge is 0.156 e. The van der Waals surface area contributed by atoms with Crippen LogP contribution in [-0.4, -0.2) is 32.0 Å². The Labute approximate surface area is 92.6 Å². The molecule has 1 fully saturated rings. The highest BCUT2D eigenvalue weighted by atomic mass is 32.2. The molecule has 1 saturated carbocycles. The van der Waals surface area contributed by atoms with Crippen LogP contribution in [0.4, 0.5) is 0 Å². The van der Waals surface area contributed by atoms with Crippen LogP contribution in [0.3, 0.4) is 0 Å². The lowest BCUT2D eigenvalue weighted by Gasteiger charge is -2.17. The van der Waals surface area contributed by atoms with Gasteiger partial charge in [-0.3, -0.25) is 0 Å². The molecule has 0 heterocycles. The Morgan fingerprint density at radius 3 is 2.60 bits per heavy atom. The first-order valence-corrected chi connectivity index (χ1v) is 7.07. The molecule has 0 aromatic rings.